The van der Waals surface area contributed by atoms with E-state index in [1.54, 1.807) is 0 Å². The van der Waals surface area contributed by atoms with Gasteiger partial charge in [0.05, 0.1) is 5.69 Å². The van der Waals surface area contributed by atoms with Crippen molar-refractivity contribution in [2.24, 2.45) is 4.99 Å². The third kappa shape index (κ3) is 2.64. The zero-order valence-electron chi connectivity index (χ0n) is 12.6. The fourth-order valence-corrected chi connectivity index (χ4v) is 3.12. The zero-order chi connectivity index (χ0) is 14.8. The van der Waals surface area contributed by atoms with E-state index < -0.39 is 0 Å². The predicted octanol–water partition coefficient (Wildman–Crippen LogP) is 3.87. The van der Waals surface area contributed by atoms with Crippen LogP contribution in [0.25, 0.3) is 11.1 Å². The van der Waals surface area contributed by atoms with Crippen molar-refractivity contribution in [2.45, 2.75) is 25.8 Å². The molecule has 112 valence electrons. The first-order valence-corrected chi connectivity index (χ1v) is 8.02. The van der Waals surface area contributed by atoms with E-state index in [1.807, 2.05) is 6.21 Å². The fraction of sp³-hybridized carbons (Fsp3) is 0.316. The van der Waals surface area contributed by atoms with Crippen molar-refractivity contribution in [3.63, 3.8) is 0 Å². The summed E-state index contributed by atoms with van der Waals surface area (Å²) in [6, 6.07) is 13.1. The molecule has 0 atom stereocenters. The maximum absolute atomic E-state index is 5.76. The molecule has 0 unspecified atom stereocenters. The van der Waals surface area contributed by atoms with Crippen molar-refractivity contribution in [3.8, 4) is 16.9 Å². The van der Waals surface area contributed by atoms with Crippen LogP contribution < -0.4 is 10.1 Å². The molecule has 3 nitrogen and oxygen atoms in total. The predicted molar refractivity (Wildman–Crippen MR) is 90.2 cm³/mol. The van der Waals surface area contributed by atoms with Crippen LogP contribution in [-0.2, 0) is 13.0 Å². The van der Waals surface area contributed by atoms with Gasteiger partial charge in [0.2, 0.25) is 0 Å². The number of fused-ring (bicyclic) bond motifs is 2. The number of ether oxygens (including phenoxy) is 1. The highest BCUT2D eigenvalue weighted by Gasteiger charge is 2.11. The Morgan fingerprint density at radius 3 is 2.91 bits per heavy atom. The van der Waals surface area contributed by atoms with Crippen LogP contribution in [0.15, 0.2) is 41.4 Å². The van der Waals surface area contributed by atoms with Gasteiger partial charge < -0.3 is 10.1 Å². The Kier molecular flexibility index (Phi) is 3.65. The lowest BCUT2D eigenvalue weighted by atomic mass is 9.98. The average molecular weight is 292 g/mol. The first kappa shape index (κ1) is 13.5. The molecule has 0 saturated carbocycles. The lowest BCUT2D eigenvalue weighted by Crippen LogP contribution is -2.16. The molecule has 3 heteroatoms. The second-order valence-corrected chi connectivity index (χ2v) is 5.90. The molecular weight excluding hydrogens is 272 g/mol. The molecular formula is C19H20N2O. The molecule has 0 fully saturated rings. The quantitative estimate of drug-likeness (QED) is 0.865. The Bertz CT molecular complexity index is 721. The summed E-state index contributed by atoms with van der Waals surface area (Å²) in [5, 5.41) is 3.39. The SMILES string of the molecule is C1=Nc2cc(-c3ccc4c(c3)CNCCO4)ccc2CCC1. The molecule has 22 heavy (non-hydrogen) atoms. The van der Waals surface area contributed by atoms with Gasteiger partial charge in [0.25, 0.3) is 0 Å². The number of aryl methyl sites for hydroxylation is 1. The van der Waals surface area contributed by atoms with Crippen LogP contribution in [0.3, 0.4) is 0 Å². The van der Waals surface area contributed by atoms with Crippen LogP contribution in [-0.4, -0.2) is 19.4 Å². The number of nitrogens with one attached hydrogen (secondary N) is 1. The van der Waals surface area contributed by atoms with Gasteiger partial charge >= 0.3 is 0 Å². The molecule has 2 heterocycles. The van der Waals surface area contributed by atoms with Crippen molar-refractivity contribution in [2.75, 3.05) is 13.2 Å². The minimum absolute atomic E-state index is 0.736. The van der Waals surface area contributed by atoms with Crippen LogP contribution in [0.4, 0.5) is 5.69 Å². The Morgan fingerprint density at radius 1 is 1.00 bits per heavy atom. The van der Waals surface area contributed by atoms with Gasteiger partial charge in [-0.1, -0.05) is 18.2 Å². The van der Waals surface area contributed by atoms with E-state index in [2.05, 4.69) is 46.7 Å². The average Bonchev–Trinajstić information content (AvgIpc) is 2.93. The minimum Gasteiger partial charge on any atom is -0.492 e. The van der Waals surface area contributed by atoms with Crippen molar-refractivity contribution >= 4 is 11.9 Å². The molecule has 2 aliphatic rings. The highest BCUT2D eigenvalue weighted by molar-refractivity contribution is 5.73. The molecule has 0 spiro atoms. The van der Waals surface area contributed by atoms with E-state index in [4.69, 9.17) is 4.74 Å². The smallest absolute Gasteiger partial charge is 0.123 e. The second-order valence-electron chi connectivity index (χ2n) is 5.90. The highest BCUT2D eigenvalue weighted by atomic mass is 16.5. The summed E-state index contributed by atoms with van der Waals surface area (Å²) >= 11 is 0. The molecule has 0 saturated heterocycles. The summed E-state index contributed by atoms with van der Waals surface area (Å²) in [6.45, 7) is 2.50. The molecule has 0 aromatic heterocycles. The summed E-state index contributed by atoms with van der Waals surface area (Å²) in [5.41, 5.74) is 6.17. The van der Waals surface area contributed by atoms with E-state index in [-0.39, 0.29) is 0 Å². The lowest BCUT2D eigenvalue weighted by Gasteiger charge is -2.11. The van der Waals surface area contributed by atoms with Crippen molar-refractivity contribution in [1.29, 1.82) is 0 Å². The number of hydrogen-bond donors (Lipinski definition) is 1. The summed E-state index contributed by atoms with van der Waals surface area (Å²) in [5.74, 6) is 1.00. The van der Waals surface area contributed by atoms with Gasteiger partial charge in [-0.25, -0.2) is 0 Å². The van der Waals surface area contributed by atoms with E-state index in [1.165, 1.54) is 28.7 Å². The maximum atomic E-state index is 5.76. The van der Waals surface area contributed by atoms with Crippen LogP contribution in [0, 0.1) is 0 Å². The van der Waals surface area contributed by atoms with E-state index in [9.17, 15) is 0 Å². The second kappa shape index (κ2) is 5.93. The van der Waals surface area contributed by atoms with Crippen molar-refractivity contribution < 1.29 is 4.74 Å². The topological polar surface area (TPSA) is 33.6 Å². The molecule has 1 N–H and O–H groups in total. The summed E-state index contributed by atoms with van der Waals surface area (Å²) in [4.78, 5) is 4.61. The van der Waals surface area contributed by atoms with E-state index in [0.717, 1.165) is 44.0 Å². The van der Waals surface area contributed by atoms with Gasteiger partial charge in [-0.2, -0.15) is 0 Å². The minimum atomic E-state index is 0.736. The highest BCUT2D eigenvalue weighted by Crippen LogP contribution is 2.32. The number of rotatable bonds is 1. The van der Waals surface area contributed by atoms with Crippen molar-refractivity contribution in [3.05, 3.63) is 47.5 Å². The Balaban J connectivity index is 1.72. The summed E-state index contributed by atoms with van der Waals surface area (Å²) in [7, 11) is 0. The van der Waals surface area contributed by atoms with Gasteiger partial charge in [0.15, 0.2) is 0 Å². The Hall–Kier alpha value is -2.13. The van der Waals surface area contributed by atoms with Crippen LogP contribution >= 0.6 is 0 Å². The summed E-state index contributed by atoms with van der Waals surface area (Å²) in [6.07, 6.45) is 5.44. The Morgan fingerprint density at radius 2 is 1.91 bits per heavy atom. The van der Waals surface area contributed by atoms with Crippen LogP contribution in [0.5, 0.6) is 5.75 Å². The molecule has 0 amide bonds. The fourth-order valence-electron chi connectivity index (χ4n) is 3.12. The van der Waals surface area contributed by atoms with Gasteiger partial charge in [-0.15, -0.1) is 0 Å². The standard InChI is InChI=1S/C19H20N2O/c1-2-8-21-18-12-16(5-4-14(18)3-1)15-6-7-19-17(11-15)13-20-9-10-22-19/h4-8,11-12,20H,1-3,9-10,13H2. The number of nitrogens with zero attached hydrogens (tertiary/aromatic N) is 1. The number of aliphatic imine (C=N–C) groups is 1. The lowest BCUT2D eigenvalue weighted by molar-refractivity contribution is 0.326. The third-order valence-electron chi connectivity index (χ3n) is 4.34. The zero-order valence-corrected chi connectivity index (χ0v) is 12.6. The molecule has 4 rings (SSSR count). The first-order valence-electron chi connectivity index (χ1n) is 8.02. The van der Waals surface area contributed by atoms with Crippen LogP contribution in [0.1, 0.15) is 24.0 Å². The maximum Gasteiger partial charge on any atom is 0.123 e. The molecule has 2 aromatic rings. The van der Waals surface area contributed by atoms with Crippen molar-refractivity contribution in [1.82, 2.24) is 5.32 Å². The van der Waals surface area contributed by atoms with Crippen LogP contribution in [0.2, 0.25) is 0 Å². The Labute approximate surface area is 131 Å². The molecule has 2 aromatic carbocycles. The van der Waals surface area contributed by atoms with Gasteiger partial charge in [0.1, 0.15) is 12.4 Å². The van der Waals surface area contributed by atoms with Gasteiger partial charge in [0, 0.05) is 24.9 Å². The van der Waals surface area contributed by atoms with Gasteiger partial charge in [-0.3, -0.25) is 4.99 Å². The molecule has 0 bridgehead atoms. The molecule has 2 aliphatic heterocycles. The largest absolute Gasteiger partial charge is 0.492 e. The number of hydrogen-bond acceptors (Lipinski definition) is 3. The molecule has 0 aliphatic carbocycles. The third-order valence-corrected chi connectivity index (χ3v) is 4.34. The summed E-state index contributed by atoms with van der Waals surface area (Å²) < 4.78 is 5.76. The van der Waals surface area contributed by atoms with E-state index >= 15 is 0 Å². The monoisotopic (exact) mass is 292 g/mol. The normalized spacial score (nSPS) is 16.9. The first-order chi connectivity index (χ1) is 10.9. The van der Waals surface area contributed by atoms with Gasteiger partial charge in [-0.05, 0) is 54.2 Å². The van der Waals surface area contributed by atoms with E-state index in [0.29, 0.717) is 0 Å². The molecule has 0 radical (unpaired) electrons. The number of benzene rings is 2.